The summed E-state index contributed by atoms with van der Waals surface area (Å²) in [5, 5.41) is 0. The lowest BCUT2D eigenvalue weighted by Gasteiger charge is -1.93. The van der Waals surface area contributed by atoms with Crippen LogP contribution < -0.4 is 5.73 Å². The van der Waals surface area contributed by atoms with Gasteiger partial charge in [0.1, 0.15) is 0 Å². The molecule has 0 aliphatic carbocycles. The third-order valence-corrected chi connectivity index (χ3v) is 2.98. The minimum absolute atomic E-state index is 0.450. The van der Waals surface area contributed by atoms with Gasteiger partial charge in [0, 0.05) is 6.54 Å². The minimum Gasteiger partial charge on any atom is -0.326 e. The molecular formula is C14H17NO2S. The smallest absolute Gasteiger partial charge is 0.186 e. The normalized spacial score (nSPS) is 11.3. The van der Waals surface area contributed by atoms with Gasteiger partial charge in [-0.25, -0.2) is 4.21 Å². The van der Waals surface area contributed by atoms with E-state index < -0.39 is 11.1 Å². The fourth-order valence-electron chi connectivity index (χ4n) is 1.27. The third-order valence-electron chi connectivity index (χ3n) is 2.30. The fourth-order valence-corrected chi connectivity index (χ4v) is 1.64. The van der Waals surface area contributed by atoms with E-state index in [9.17, 15) is 4.21 Å². The molecular weight excluding hydrogens is 246 g/mol. The summed E-state index contributed by atoms with van der Waals surface area (Å²) in [5.74, 6) is 0. The molecule has 0 bridgehead atoms. The first kappa shape index (κ1) is 14.6. The first-order valence-electron chi connectivity index (χ1n) is 5.55. The van der Waals surface area contributed by atoms with Crippen molar-refractivity contribution in [1.82, 2.24) is 0 Å². The molecule has 3 N–H and O–H groups in total. The van der Waals surface area contributed by atoms with Crippen LogP contribution in [0.1, 0.15) is 11.1 Å². The molecule has 1 unspecified atom stereocenters. The Hall–Kier alpha value is -1.49. The molecule has 0 spiro atoms. The summed E-state index contributed by atoms with van der Waals surface area (Å²) in [7, 11) is 0. The summed E-state index contributed by atoms with van der Waals surface area (Å²) in [6.45, 7) is 2.57. The largest absolute Gasteiger partial charge is 0.326 e. The predicted octanol–water partition coefficient (Wildman–Crippen LogP) is 2.72. The zero-order chi connectivity index (χ0) is 13.4. The van der Waals surface area contributed by atoms with Crippen LogP contribution in [0.4, 0.5) is 0 Å². The molecule has 0 saturated heterocycles. The van der Waals surface area contributed by atoms with E-state index in [1.165, 1.54) is 5.56 Å². The molecule has 0 radical (unpaired) electrons. The van der Waals surface area contributed by atoms with Crippen molar-refractivity contribution < 1.29 is 8.76 Å². The highest BCUT2D eigenvalue weighted by Gasteiger charge is 1.95. The highest BCUT2D eigenvalue weighted by Crippen LogP contribution is 2.05. The third kappa shape index (κ3) is 5.23. The lowest BCUT2D eigenvalue weighted by molar-refractivity contribution is 0.564. The van der Waals surface area contributed by atoms with Crippen molar-refractivity contribution in [1.29, 1.82) is 0 Å². The molecule has 0 fully saturated rings. The number of hydrogen-bond acceptors (Lipinski definition) is 2. The molecule has 0 heterocycles. The van der Waals surface area contributed by atoms with Gasteiger partial charge in [-0.3, -0.25) is 0 Å². The average Bonchev–Trinajstić information content (AvgIpc) is 2.41. The van der Waals surface area contributed by atoms with Gasteiger partial charge < -0.3 is 10.3 Å². The van der Waals surface area contributed by atoms with Gasteiger partial charge in [0.2, 0.25) is 0 Å². The van der Waals surface area contributed by atoms with Crippen molar-refractivity contribution >= 4 is 11.1 Å². The van der Waals surface area contributed by atoms with Crippen molar-refractivity contribution in [3.05, 3.63) is 65.7 Å². The summed E-state index contributed by atoms with van der Waals surface area (Å²) in [6, 6.07) is 16.9. The van der Waals surface area contributed by atoms with Crippen LogP contribution >= 0.6 is 0 Å². The average molecular weight is 263 g/mol. The second-order valence-electron chi connectivity index (χ2n) is 3.75. The zero-order valence-electron chi connectivity index (χ0n) is 10.2. The highest BCUT2D eigenvalue weighted by molar-refractivity contribution is 7.79. The van der Waals surface area contributed by atoms with E-state index in [4.69, 9.17) is 10.3 Å². The van der Waals surface area contributed by atoms with Crippen LogP contribution in [0.3, 0.4) is 0 Å². The monoisotopic (exact) mass is 263 g/mol. The van der Waals surface area contributed by atoms with Crippen LogP contribution in [0, 0.1) is 6.92 Å². The van der Waals surface area contributed by atoms with Crippen molar-refractivity contribution in [2.24, 2.45) is 5.73 Å². The van der Waals surface area contributed by atoms with Gasteiger partial charge in [-0.15, -0.1) is 0 Å². The molecule has 4 heteroatoms. The summed E-state index contributed by atoms with van der Waals surface area (Å²) in [5.41, 5.74) is 7.63. The first-order valence-corrected chi connectivity index (χ1v) is 6.65. The molecule has 96 valence electrons. The van der Waals surface area contributed by atoms with Crippen molar-refractivity contribution in [2.45, 2.75) is 18.4 Å². The highest BCUT2D eigenvalue weighted by atomic mass is 32.2. The maximum atomic E-state index is 10.4. The van der Waals surface area contributed by atoms with E-state index in [-0.39, 0.29) is 0 Å². The first-order chi connectivity index (χ1) is 8.63. The van der Waals surface area contributed by atoms with Crippen LogP contribution in [0.2, 0.25) is 0 Å². The van der Waals surface area contributed by atoms with Crippen LogP contribution in [-0.4, -0.2) is 8.76 Å². The van der Waals surface area contributed by atoms with E-state index in [1.54, 1.807) is 12.1 Å². The quantitative estimate of drug-likeness (QED) is 0.819. The molecule has 0 aliphatic rings. The van der Waals surface area contributed by atoms with E-state index in [0.29, 0.717) is 11.4 Å². The van der Waals surface area contributed by atoms with Gasteiger partial charge in [0.15, 0.2) is 11.1 Å². The second kappa shape index (κ2) is 7.76. The molecule has 1 atom stereocenters. The number of hydrogen-bond donors (Lipinski definition) is 2. The molecule has 0 aromatic heterocycles. The van der Waals surface area contributed by atoms with Crippen molar-refractivity contribution in [2.75, 3.05) is 0 Å². The Morgan fingerprint density at radius 3 is 2.00 bits per heavy atom. The van der Waals surface area contributed by atoms with E-state index in [1.807, 2.05) is 49.4 Å². The van der Waals surface area contributed by atoms with Gasteiger partial charge in [-0.1, -0.05) is 48.0 Å². The number of rotatable bonds is 2. The molecule has 2 aromatic rings. The Labute approximate surface area is 110 Å². The van der Waals surface area contributed by atoms with Crippen molar-refractivity contribution in [3.8, 4) is 0 Å². The van der Waals surface area contributed by atoms with Crippen LogP contribution in [-0.2, 0) is 17.6 Å². The van der Waals surface area contributed by atoms with Gasteiger partial charge in [0.25, 0.3) is 0 Å². The Bertz CT molecular complexity index is 483. The number of aryl methyl sites for hydroxylation is 1. The zero-order valence-corrected chi connectivity index (χ0v) is 11.1. The maximum Gasteiger partial charge on any atom is 0.186 e. The summed E-state index contributed by atoms with van der Waals surface area (Å²) >= 11 is -1.84. The summed E-state index contributed by atoms with van der Waals surface area (Å²) in [4.78, 5) is 0.450. The molecule has 2 rings (SSSR count). The molecule has 0 saturated carbocycles. The Morgan fingerprint density at radius 1 is 1.06 bits per heavy atom. The second-order valence-corrected chi connectivity index (χ2v) is 4.72. The molecule has 3 nitrogen and oxygen atoms in total. The molecule has 0 amide bonds. The lowest BCUT2D eigenvalue weighted by atomic mass is 10.2. The predicted molar refractivity (Wildman–Crippen MR) is 74.5 cm³/mol. The SMILES string of the molecule is Cc1ccc(S(=O)O)cc1.NCc1ccccc1. The fraction of sp³-hybridized carbons (Fsp3) is 0.143. The Balaban J connectivity index is 0.000000184. The standard InChI is InChI=1S/C7H9N.C7H8O2S/c8-6-7-4-2-1-3-5-7;1-6-2-4-7(5-3-6)10(8)9/h1-5H,6,8H2;2-5H,1H3,(H,8,9). The van der Waals surface area contributed by atoms with Crippen LogP contribution in [0.25, 0.3) is 0 Å². The Kier molecular flexibility index (Phi) is 6.28. The van der Waals surface area contributed by atoms with Gasteiger partial charge >= 0.3 is 0 Å². The molecule has 0 aliphatic heterocycles. The van der Waals surface area contributed by atoms with Gasteiger partial charge in [-0.05, 0) is 24.6 Å². The van der Waals surface area contributed by atoms with E-state index in [2.05, 4.69) is 0 Å². The molecule has 18 heavy (non-hydrogen) atoms. The maximum absolute atomic E-state index is 10.4. The van der Waals surface area contributed by atoms with Gasteiger partial charge in [0.05, 0.1) is 4.90 Å². The van der Waals surface area contributed by atoms with E-state index in [0.717, 1.165) is 5.56 Å². The number of benzene rings is 2. The van der Waals surface area contributed by atoms with E-state index >= 15 is 0 Å². The van der Waals surface area contributed by atoms with Gasteiger partial charge in [-0.2, -0.15) is 0 Å². The Morgan fingerprint density at radius 2 is 1.61 bits per heavy atom. The van der Waals surface area contributed by atoms with Crippen LogP contribution in [0.15, 0.2) is 59.5 Å². The lowest BCUT2D eigenvalue weighted by Crippen LogP contribution is -1.94. The van der Waals surface area contributed by atoms with Crippen LogP contribution in [0.5, 0.6) is 0 Å². The topological polar surface area (TPSA) is 63.3 Å². The summed E-state index contributed by atoms with van der Waals surface area (Å²) < 4.78 is 19.0. The summed E-state index contributed by atoms with van der Waals surface area (Å²) in [6.07, 6.45) is 0. The minimum atomic E-state index is -1.84. The number of nitrogens with two attached hydrogens (primary N) is 1. The van der Waals surface area contributed by atoms with Crippen molar-refractivity contribution in [3.63, 3.8) is 0 Å². The molecule has 2 aromatic carbocycles.